The number of hydrogen-bond acceptors (Lipinski definition) is 5. The molecule has 1 saturated heterocycles. The van der Waals surface area contributed by atoms with Gasteiger partial charge in [-0.2, -0.15) is 0 Å². The van der Waals surface area contributed by atoms with E-state index in [1.54, 1.807) is 24.3 Å². The van der Waals surface area contributed by atoms with E-state index in [-0.39, 0.29) is 24.7 Å². The minimum absolute atomic E-state index is 0.148. The highest BCUT2D eigenvalue weighted by molar-refractivity contribution is 7.89. The molecule has 0 radical (unpaired) electrons. The molecule has 1 aliphatic rings. The maximum absolute atomic E-state index is 12.4. The summed E-state index contributed by atoms with van der Waals surface area (Å²) >= 11 is 6.00. The molecule has 2 atom stereocenters. The van der Waals surface area contributed by atoms with E-state index in [9.17, 15) is 16.8 Å². The molecule has 1 fully saturated rings. The molecular weight excluding hydrogens is 376 g/mol. The number of halogens is 1. The van der Waals surface area contributed by atoms with Crippen molar-refractivity contribution in [1.82, 2.24) is 9.03 Å². The van der Waals surface area contributed by atoms with Gasteiger partial charge >= 0.3 is 0 Å². The normalized spacial score (nSPS) is 22.2. The van der Waals surface area contributed by atoms with Gasteiger partial charge in [0.1, 0.15) is 0 Å². The first kappa shape index (κ1) is 19.6. The molecule has 1 aromatic carbocycles. The van der Waals surface area contributed by atoms with Crippen LogP contribution in [0.4, 0.5) is 0 Å². The van der Waals surface area contributed by atoms with Crippen LogP contribution in [-0.4, -0.2) is 60.2 Å². The minimum Gasteiger partial charge on any atom is -0.379 e. The maximum Gasteiger partial charge on any atom is 0.216 e. The molecule has 1 N–H and O–H groups in total. The summed E-state index contributed by atoms with van der Waals surface area (Å²) in [6.45, 7) is 0.349. The molecule has 7 nitrogen and oxygen atoms in total. The molecule has 2 unspecified atom stereocenters. The number of nitrogens with zero attached hydrogens (tertiary/aromatic N) is 1. The first-order chi connectivity index (χ1) is 11.1. The van der Waals surface area contributed by atoms with Crippen molar-refractivity contribution in [3.63, 3.8) is 0 Å². The van der Waals surface area contributed by atoms with Gasteiger partial charge in [0.05, 0.1) is 30.8 Å². The van der Waals surface area contributed by atoms with Crippen molar-refractivity contribution in [2.45, 2.75) is 11.8 Å². The number of sulfonamides is 2. The summed E-state index contributed by atoms with van der Waals surface area (Å²) in [6.07, 6.45) is 0. The SMILES string of the molecule is CN(C)S(=O)(=O)CC1COCC1NS(=O)(=O)Cc1ccccc1Cl. The third-order valence-electron chi connectivity index (χ3n) is 3.81. The summed E-state index contributed by atoms with van der Waals surface area (Å²) in [7, 11) is -4.22. The van der Waals surface area contributed by atoms with Gasteiger partial charge in [0.15, 0.2) is 0 Å². The lowest BCUT2D eigenvalue weighted by Gasteiger charge is -2.21. The van der Waals surface area contributed by atoms with Crippen molar-refractivity contribution >= 4 is 31.6 Å². The average molecular weight is 397 g/mol. The molecule has 24 heavy (non-hydrogen) atoms. The van der Waals surface area contributed by atoms with Crippen molar-refractivity contribution in [3.8, 4) is 0 Å². The van der Waals surface area contributed by atoms with Crippen LogP contribution in [0, 0.1) is 5.92 Å². The minimum atomic E-state index is -3.67. The lowest BCUT2D eigenvalue weighted by molar-refractivity contribution is 0.185. The highest BCUT2D eigenvalue weighted by Crippen LogP contribution is 2.21. The Morgan fingerprint density at radius 2 is 1.88 bits per heavy atom. The Bertz CT molecular complexity index is 780. The fourth-order valence-electron chi connectivity index (χ4n) is 2.41. The van der Waals surface area contributed by atoms with Crippen LogP contribution in [-0.2, 0) is 30.5 Å². The first-order valence-corrected chi connectivity index (χ1v) is 11.0. The second-order valence-electron chi connectivity index (χ2n) is 5.93. The Balaban J connectivity index is 2.07. The van der Waals surface area contributed by atoms with Crippen LogP contribution in [0.5, 0.6) is 0 Å². The van der Waals surface area contributed by atoms with Crippen molar-refractivity contribution in [2.24, 2.45) is 5.92 Å². The lowest BCUT2D eigenvalue weighted by atomic mass is 10.1. The number of ether oxygens (including phenoxy) is 1. The number of benzene rings is 1. The second kappa shape index (κ2) is 7.67. The van der Waals surface area contributed by atoms with Crippen molar-refractivity contribution in [1.29, 1.82) is 0 Å². The number of nitrogens with one attached hydrogen (secondary N) is 1. The van der Waals surface area contributed by atoms with Crippen LogP contribution in [0.25, 0.3) is 0 Å². The maximum atomic E-state index is 12.4. The number of hydrogen-bond donors (Lipinski definition) is 1. The third-order valence-corrected chi connectivity index (χ3v) is 7.50. The van der Waals surface area contributed by atoms with Gasteiger partial charge in [-0.25, -0.2) is 25.9 Å². The van der Waals surface area contributed by atoms with Gasteiger partial charge < -0.3 is 4.74 Å². The van der Waals surface area contributed by atoms with Gasteiger partial charge in [-0.05, 0) is 11.6 Å². The van der Waals surface area contributed by atoms with Gasteiger partial charge in [0, 0.05) is 25.0 Å². The fourth-order valence-corrected chi connectivity index (χ4v) is 5.32. The predicted molar refractivity (Wildman–Crippen MR) is 92.8 cm³/mol. The molecule has 1 heterocycles. The van der Waals surface area contributed by atoms with Crippen molar-refractivity contribution in [3.05, 3.63) is 34.9 Å². The molecule has 1 aliphatic heterocycles. The Labute approximate surface area is 148 Å². The monoisotopic (exact) mass is 396 g/mol. The van der Waals surface area contributed by atoms with E-state index in [4.69, 9.17) is 16.3 Å². The van der Waals surface area contributed by atoms with E-state index in [0.29, 0.717) is 10.6 Å². The van der Waals surface area contributed by atoms with E-state index < -0.39 is 32.0 Å². The molecule has 0 aromatic heterocycles. The molecule has 136 valence electrons. The van der Waals surface area contributed by atoms with Gasteiger partial charge in [0.2, 0.25) is 20.0 Å². The van der Waals surface area contributed by atoms with E-state index in [1.807, 2.05) is 0 Å². The zero-order valence-electron chi connectivity index (χ0n) is 13.5. The molecule has 10 heteroatoms. The van der Waals surface area contributed by atoms with Gasteiger partial charge in [0.25, 0.3) is 0 Å². The first-order valence-electron chi connectivity index (χ1n) is 7.32. The molecular formula is C14H21ClN2O5S2. The Kier molecular flexibility index (Phi) is 6.27. The van der Waals surface area contributed by atoms with Crippen LogP contribution in [0.2, 0.25) is 5.02 Å². The predicted octanol–water partition coefficient (Wildman–Crippen LogP) is 0.666. The summed E-state index contributed by atoms with van der Waals surface area (Å²) in [4.78, 5) is 0. The Hall–Kier alpha value is -0.710. The van der Waals surface area contributed by atoms with Crippen LogP contribution in [0.15, 0.2) is 24.3 Å². The van der Waals surface area contributed by atoms with Gasteiger partial charge in [-0.15, -0.1) is 0 Å². The van der Waals surface area contributed by atoms with Crippen LogP contribution >= 0.6 is 11.6 Å². The summed E-state index contributed by atoms with van der Waals surface area (Å²) < 4.78 is 57.7. The smallest absolute Gasteiger partial charge is 0.216 e. The molecule has 0 aliphatic carbocycles. The zero-order valence-corrected chi connectivity index (χ0v) is 15.9. The van der Waals surface area contributed by atoms with Crippen LogP contribution < -0.4 is 4.72 Å². The molecule has 1 aromatic rings. The van der Waals surface area contributed by atoms with E-state index >= 15 is 0 Å². The summed E-state index contributed by atoms with van der Waals surface area (Å²) in [6, 6.07) is 6.12. The van der Waals surface area contributed by atoms with E-state index in [1.165, 1.54) is 14.1 Å². The molecule has 0 bridgehead atoms. The van der Waals surface area contributed by atoms with Gasteiger partial charge in [-0.1, -0.05) is 29.8 Å². The summed E-state index contributed by atoms with van der Waals surface area (Å²) in [5.41, 5.74) is 0.489. The lowest BCUT2D eigenvalue weighted by Crippen LogP contribution is -2.43. The van der Waals surface area contributed by atoms with E-state index in [2.05, 4.69) is 4.72 Å². The highest BCUT2D eigenvalue weighted by Gasteiger charge is 2.35. The Morgan fingerprint density at radius 3 is 2.50 bits per heavy atom. The van der Waals surface area contributed by atoms with Crippen molar-refractivity contribution in [2.75, 3.05) is 33.1 Å². The van der Waals surface area contributed by atoms with E-state index in [0.717, 1.165) is 4.31 Å². The van der Waals surface area contributed by atoms with Gasteiger partial charge in [-0.3, -0.25) is 0 Å². The van der Waals surface area contributed by atoms with Crippen LogP contribution in [0.3, 0.4) is 0 Å². The summed E-state index contributed by atoms with van der Waals surface area (Å²) in [5, 5.41) is 0.372. The highest BCUT2D eigenvalue weighted by atomic mass is 35.5. The average Bonchev–Trinajstić information content (AvgIpc) is 2.86. The molecule has 2 rings (SSSR count). The second-order valence-corrected chi connectivity index (χ2v) is 10.3. The standard InChI is InChI=1S/C14H21ClN2O5S2/c1-17(2)24(20,21)10-12-7-22-8-14(12)16-23(18,19)9-11-5-3-4-6-13(11)15/h3-6,12,14,16H,7-10H2,1-2H3. The molecule has 0 saturated carbocycles. The summed E-state index contributed by atoms with van der Waals surface area (Å²) in [5.74, 6) is -0.867. The third kappa shape index (κ3) is 5.14. The largest absolute Gasteiger partial charge is 0.379 e. The molecule has 0 amide bonds. The van der Waals surface area contributed by atoms with Crippen LogP contribution in [0.1, 0.15) is 5.56 Å². The topological polar surface area (TPSA) is 92.8 Å². The quantitative estimate of drug-likeness (QED) is 0.731. The zero-order chi connectivity index (χ0) is 18.0. The Morgan fingerprint density at radius 1 is 1.21 bits per heavy atom. The van der Waals surface area contributed by atoms with Crippen molar-refractivity contribution < 1.29 is 21.6 Å². The fraction of sp³-hybridized carbons (Fsp3) is 0.571. The molecule has 0 spiro atoms. The number of rotatable bonds is 7.